The van der Waals surface area contributed by atoms with E-state index in [9.17, 15) is 14.9 Å². The number of para-hydroxylation sites is 1. The maximum absolute atomic E-state index is 13.7. The summed E-state index contributed by atoms with van der Waals surface area (Å²) in [4.78, 5) is 32.9. The molecule has 6 aromatic rings. The van der Waals surface area contributed by atoms with Crippen molar-refractivity contribution >= 4 is 61.3 Å². The van der Waals surface area contributed by atoms with E-state index in [0.29, 0.717) is 43.1 Å². The molecule has 0 aliphatic carbocycles. The van der Waals surface area contributed by atoms with Crippen molar-refractivity contribution < 1.29 is 18.8 Å². The number of hydrogen-bond donors (Lipinski definition) is 0. The Bertz CT molecular complexity index is 2090. The summed E-state index contributed by atoms with van der Waals surface area (Å²) in [6.07, 6.45) is 2.50. The number of furan rings is 1. The first-order valence-corrected chi connectivity index (χ1v) is 13.4. The van der Waals surface area contributed by atoms with Gasteiger partial charge in [0, 0.05) is 32.6 Å². The summed E-state index contributed by atoms with van der Waals surface area (Å²) in [5.41, 5.74) is 0.834. The van der Waals surface area contributed by atoms with Gasteiger partial charge in [0.05, 0.1) is 29.2 Å². The van der Waals surface area contributed by atoms with E-state index < -0.39 is 10.5 Å². The monoisotopic (exact) mass is 645 g/mol. The van der Waals surface area contributed by atoms with Gasteiger partial charge in [-0.1, -0.05) is 39.7 Å². The Morgan fingerprint density at radius 1 is 1.12 bits per heavy atom. The Labute approximate surface area is 249 Å². The van der Waals surface area contributed by atoms with Crippen LogP contribution in [0.25, 0.3) is 33.5 Å². The number of hydrogen-bond acceptors (Lipinski definition) is 9. The SMILES string of the molecule is COc1cc(Br)cc(C=Nn2c(-c3cc4cc(Cl)ccc4o3)nc3ccccc3c2=O)c1Oc1ccc([N+](=O)[O-])cn1. The lowest BCUT2D eigenvalue weighted by Gasteiger charge is -2.13. The number of pyridine rings is 1. The van der Waals surface area contributed by atoms with Gasteiger partial charge < -0.3 is 13.9 Å². The molecule has 42 heavy (non-hydrogen) atoms. The van der Waals surface area contributed by atoms with Crippen LogP contribution in [0.5, 0.6) is 17.4 Å². The Hall–Kier alpha value is -5.07. The van der Waals surface area contributed by atoms with Gasteiger partial charge in [0.1, 0.15) is 11.8 Å². The number of nitrogens with zero attached hydrogens (tertiary/aromatic N) is 5. The Kier molecular flexibility index (Phi) is 7.15. The zero-order chi connectivity index (χ0) is 29.4. The molecule has 11 nitrogen and oxygen atoms in total. The average Bonchev–Trinajstić information content (AvgIpc) is 3.41. The van der Waals surface area contributed by atoms with E-state index in [0.717, 1.165) is 16.3 Å². The first-order chi connectivity index (χ1) is 20.3. The predicted molar refractivity (Wildman–Crippen MR) is 161 cm³/mol. The molecular formula is C29H17BrClN5O6. The third-order valence-electron chi connectivity index (χ3n) is 6.17. The molecule has 0 spiro atoms. The molecular weight excluding hydrogens is 630 g/mol. The van der Waals surface area contributed by atoms with Crippen molar-refractivity contribution in [2.24, 2.45) is 5.10 Å². The van der Waals surface area contributed by atoms with Crippen molar-refractivity contribution in [3.05, 3.63) is 115 Å². The van der Waals surface area contributed by atoms with E-state index in [4.69, 9.17) is 30.5 Å². The number of rotatable bonds is 7. The van der Waals surface area contributed by atoms with Gasteiger partial charge in [0.25, 0.3) is 11.2 Å². The smallest absolute Gasteiger partial charge is 0.287 e. The Morgan fingerprint density at radius 3 is 2.71 bits per heavy atom. The van der Waals surface area contributed by atoms with E-state index >= 15 is 0 Å². The average molecular weight is 647 g/mol. The molecule has 0 aliphatic heterocycles. The number of aromatic nitrogens is 3. The fourth-order valence-corrected chi connectivity index (χ4v) is 4.86. The summed E-state index contributed by atoms with van der Waals surface area (Å²) in [5, 5.41) is 17.2. The number of ether oxygens (including phenoxy) is 2. The van der Waals surface area contributed by atoms with Gasteiger partial charge in [0.15, 0.2) is 17.3 Å². The van der Waals surface area contributed by atoms with Crippen LogP contribution in [-0.4, -0.2) is 32.9 Å². The van der Waals surface area contributed by atoms with Crippen molar-refractivity contribution in [1.29, 1.82) is 0 Å². The van der Waals surface area contributed by atoms with Crippen LogP contribution in [0, 0.1) is 10.1 Å². The molecule has 0 bridgehead atoms. The van der Waals surface area contributed by atoms with Crippen molar-refractivity contribution in [2.75, 3.05) is 7.11 Å². The topological polar surface area (TPSA) is 135 Å². The first-order valence-electron chi connectivity index (χ1n) is 12.2. The molecule has 0 aliphatic rings. The number of halogens is 2. The highest BCUT2D eigenvalue weighted by Crippen LogP contribution is 2.37. The van der Waals surface area contributed by atoms with Crippen molar-refractivity contribution in [1.82, 2.24) is 14.6 Å². The third-order valence-corrected chi connectivity index (χ3v) is 6.86. The van der Waals surface area contributed by atoms with Crippen LogP contribution in [0.2, 0.25) is 5.02 Å². The molecule has 0 fully saturated rings. The number of nitro groups is 1. The van der Waals surface area contributed by atoms with Crippen LogP contribution in [-0.2, 0) is 0 Å². The lowest BCUT2D eigenvalue weighted by molar-refractivity contribution is -0.385. The molecule has 6 rings (SSSR count). The maximum Gasteiger partial charge on any atom is 0.287 e. The summed E-state index contributed by atoms with van der Waals surface area (Å²) in [6, 6.07) is 19.9. The van der Waals surface area contributed by atoms with Crippen LogP contribution >= 0.6 is 27.5 Å². The molecule has 208 valence electrons. The quantitative estimate of drug-likeness (QED) is 0.101. The van der Waals surface area contributed by atoms with E-state index in [2.05, 4.69) is 26.0 Å². The highest BCUT2D eigenvalue weighted by molar-refractivity contribution is 9.10. The third kappa shape index (κ3) is 5.20. The van der Waals surface area contributed by atoms with Gasteiger partial charge >= 0.3 is 0 Å². The van der Waals surface area contributed by atoms with Crippen LogP contribution in [0.4, 0.5) is 5.69 Å². The molecule has 0 amide bonds. The first kappa shape index (κ1) is 27.1. The molecule has 0 saturated heterocycles. The predicted octanol–water partition coefficient (Wildman–Crippen LogP) is 7.21. The minimum atomic E-state index is -0.557. The Balaban J connectivity index is 1.50. The standard InChI is InChI=1S/C29H17BrClN5O6/c1-40-24-13-18(30)10-17(27(24)42-26-9-7-20(15-32-26)36(38)39)14-33-35-28(34-22-5-3-2-4-21(22)29(35)37)25-12-16-11-19(31)6-8-23(16)41-25/h2-15H,1H3. The lowest BCUT2D eigenvalue weighted by Crippen LogP contribution is -2.20. The molecule has 13 heteroatoms. The summed E-state index contributed by atoms with van der Waals surface area (Å²) >= 11 is 9.62. The lowest BCUT2D eigenvalue weighted by atomic mass is 10.2. The molecule has 0 N–H and O–H groups in total. The number of methoxy groups -OCH3 is 1. The zero-order valence-corrected chi connectivity index (χ0v) is 23.9. The van der Waals surface area contributed by atoms with Gasteiger partial charge in [-0.25, -0.2) is 9.97 Å². The second kappa shape index (κ2) is 11.1. The molecule has 3 aromatic heterocycles. The summed E-state index contributed by atoms with van der Waals surface area (Å²) in [5.74, 6) is 1.10. The van der Waals surface area contributed by atoms with Gasteiger partial charge in [-0.2, -0.15) is 9.78 Å². The molecule has 0 atom stereocenters. The highest BCUT2D eigenvalue weighted by Gasteiger charge is 2.18. The van der Waals surface area contributed by atoms with E-state index in [1.54, 1.807) is 60.7 Å². The van der Waals surface area contributed by atoms with Crippen LogP contribution in [0.3, 0.4) is 0 Å². The zero-order valence-electron chi connectivity index (χ0n) is 21.5. The largest absolute Gasteiger partial charge is 0.493 e. The molecule has 3 aromatic carbocycles. The van der Waals surface area contributed by atoms with E-state index in [-0.39, 0.29) is 23.1 Å². The normalized spacial score (nSPS) is 11.4. The summed E-state index contributed by atoms with van der Waals surface area (Å²) in [7, 11) is 1.46. The van der Waals surface area contributed by atoms with Crippen molar-refractivity contribution in [3.8, 4) is 29.0 Å². The van der Waals surface area contributed by atoms with Crippen LogP contribution < -0.4 is 15.0 Å². The number of fused-ring (bicyclic) bond motifs is 2. The van der Waals surface area contributed by atoms with Gasteiger partial charge in [-0.05, 0) is 48.5 Å². The number of benzene rings is 3. The van der Waals surface area contributed by atoms with Gasteiger partial charge in [0.2, 0.25) is 11.7 Å². The maximum atomic E-state index is 13.7. The molecule has 0 unspecified atom stereocenters. The second-order valence-electron chi connectivity index (χ2n) is 8.85. The minimum absolute atomic E-state index is 0.0852. The van der Waals surface area contributed by atoms with Crippen molar-refractivity contribution in [2.45, 2.75) is 0 Å². The van der Waals surface area contributed by atoms with Gasteiger partial charge in [-0.3, -0.25) is 14.9 Å². The molecule has 0 saturated carbocycles. The van der Waals surface area contributed by atoms with E-state index in [1.165, 1.54) is 25.5 Å². The fraction of sp³-hybridized carbons (Fsp3) is 0.0345. The van der Waals surface area contributed by atoms with Crippen LogP contribution in [0.15, 0.2) is 97.8 Å². The highest BCUT2D eigenvalue weighted by atomic mass is 79.9. The fourth-order valence-electron chi connectivity index (χ4n) is 4.23. The van der Waals surface area contributed by atoms with E-state index in [1.807, 2.05) is 0 Å². The molecule has 3 heterocycles. The van der Waals surface area contributed by atoms with Gasteiger partial charge in [-0.15, -0.1) is 0 Å². The molecule has 0 radical (unpaired) electrons. The minimum Gasteiger partial charge on any atom is -0.493 e. The van der Waals surface area contributed by atoms with Crippen LogP contribution in [0.1, 0.15) is 5.56 Å². The van der Waals surface area contributed by atoms with Crippen molar-refractivity contribution in [3.63, 3.8) is 0 Å². The second-order valence-corrected chi connectivity index (χ2v) is 10.2. The summed E-state index contributed by atoms with van der Waals surface area (Å²) in [6.45, 7) is 0. The Morgan fingerprint density at radius 2 is 1.95 bits per heavy atom. The summed E-state index contributed by atoms with van der Waals surface area (Å²) < 4.78 is 19.3.